The summed E-state index contributed by atoms with van der Waals surface area (Å²) in [7, 11) is 0. The maximum Gasteiger partial charge on any atom is 0.137 e. The lowest BCUT2D eigenvalue weighted by Gasteiger charge is -2.03. The topological polar surface area (TPSA) is 30.0 Å². The van der Waals surface area contributed by atoms with Gasteiger partial charge >= 0.3 is 0 Å². The molecule has 0 unspecified atom stereocenters. The predicted octanol–water partition coefficient (Wildman–Crippen LogP) is 3.00. The summed E-state index contributed by atoms with van der Waals surface area (Å²) in [6.07, 6.45) is 4.59. The normalized spacial score (nSPS) is 10.6. The van der Waals surface area contributed by atoms with E-state index in [4.69, 9.17) is 0 Å². The van der Waals surface area contributed by atoms with Crippen molar-refractivity contribution in [2.75, 3.05) is 0 Å². The van der Waals surface area contributed by atoms with Gasteiger partial charge in [0.15, 0.2) is 0 Å². The van der Waals surface area contributed by atoms with E-state index in [0.717, 1.165) is 10.0 Å². The van der Waals surface area contributed by atoms with Gasteiger partial charge in [0.25, 0.3) is 0 Å². The highest BCUT2D eigenvalue weighted by Crippen LogP contribution is 2.11. The number of hydrogen-bond donors (Lipinski definition) is 0. The van der Waals surface area contributed by atoms with Gasteiger partial charge in [0.2, 0.25) is 0 Å². The Morgan fingerprint density at radius 1 is 1.50 bits per heavy atom. The average molecular weight is 256 g/mol. The van der Waals surface area contributed by atoms with E-state index in [0.29, 0.717) is 18.8 Å². The van der Waals surface area contributed by atoms with E-state index in [-0.39, 0.29) is 5.78 Å². The Kier molecular flexibility index (Phi) is 4.26. The molecule has 1 rings (SSSR count). The highest BCUT2D eigenvalue weighted by molar-refractivity contribution is 9.10. The highest BCUT2D eigenvalue weighted by atomic mass is 79.9. The number of pyridine rings is 1. The van der Waals surface area contributed by atoms with Crippen LogP contribution in [0.2, 0.25) is 0 Å². The zero-order valence-electron chi connectivity index (χ0n) is 8.46. The maximum atomic E-state index is 11.5. The van der Waals surface area contributed by atoms with Crippen molar-refractivity contribution in [1.29, 1.82) is 0 Å². The Balaban J connectivity index is 2.56. The number of Topliss-reactive ketones (excluding diaryl/α,β-unsaturated/α-hetero) is 1. The zero-order valence-corrected chi connectivity index (χ0v) is 10.0. The summed E-state index contributed by atoms with van der Waals surface area (Å²) in [6.45, 7) is 4.11. The summed E-state index contributed by atoms with van der Waals surface area (Å²) >= 11 is 3.33. The van der Waals surface area contributed by atoms with Crippen LogP contribution in [-0.4, -0.2) is 10.8 Å². The van der Waals surface area contributed by atoms with Gasteiger partial charge in [-0.1, -0.05) is 13.8 Å². The number of hydrogen-bond acceptors (Lipinski definition) is 2. The van der Waals surface area contributed by atoms with E-state index in [1.54, 1.807) is 12.4 Å². The maximum absolute atomic E-state index is 11.5. The number of aromatic nitrogens is 1. The van der Waals surface area contributed by atoms with Crippen molar-refractivity contribution in [3.63, 3.8) is 0 Å². The van der Waals surface area contributed by atoms with Crippen molar-refractivity contribution in [3.05, 3.63) is 28.5 Å². The summed E-state index contributed by atoms with van der Waals surface area (Å²) in [5.41, 5.74) is 0.977. The van der Waals surface area contributed by atoms with Crippen LogP contribution in [0.1, 0.15) is 25.8 Å². The molecule has 3 heteroatoms. The molecule has 0 atom stereocenters. The molecule has 0 radical (unpaired) electrons. The Labute approximate surface area is 92.9 Å². The fourth-order valence-corrected chi connectivity index (χ4v) is 1.72. The minimum atomic E-state index is 0.278. The van der Waals surface area contributed by atoms with Crippen LogP contribution in [0.5, 0.6) is 0 Å². The van der Waals surface area contributed by atoms with Crippen LogP contribution < -0.4 is 0 Å². The van der Waals surface area contributed by atoms with E-state index in [9.17, 15) is 4.79 Å². The molecule has 0 saturated heterocycles. The molecular formula is C11H14BrNO. The standard InChI is InChI=1S/C11H14BrNO/c1-8(2)3-11(14)5-9-4-10(12)7-13-6-9/h4,6-8H,3,5H2,1-2H3. The fraction of sp³-hybridized carbons (Fsp3) is 0.455. The Morgan fingerprint density at radius 3 is 2.79 bits per heavy atom. The van der Waals surface area contributed by atoms with Gasteiger partial charge in [0, 0.05) is 29.7 Å². The monoisotopic (exact) mass is 255 g/mol. The van der Waals surface area contributed by atoms with Crippen LogP contribution in [0.4, 0.5) is 0 Å². The lowest BCUT2D eigenvalue weighted by atomic mass is 10.0. The Morgan fingerprint density at radius 2 is 2.21 bits per heavy atom. The van der Waals surface area contributed by atoms with E-state index < -0.39 is 0 Å². The Hall–Kier alpha value is -0.700. The molecule has 1 aromatic heterocycles. The first-order valence-corrected chi connectivity index (χ1v) is 5.48. The third-order valence-electron chi connectivity index (χ3n) is 1.80. The number of carbonyl (C=O) groups excluding carboxylic acids is 1. The minimum Gasteiger partial charge on any atom is -0.299 e. The number of halogens is 1. The Bertz CT molecular complexity index is 323. The van der Waals surface area contributed by atoms with Crippen LogP contribution in [0.25, 0.3) is 0 Å². The number of rotatable bonds is 4. The summed E-state index contributed by atoms with van der Waals surface area (Å²) in [6, 6.07) is 1.94. The molecule has 0 fully saturated rings. The molecule has 1 heterocycles. The van der Waals surface area contributed by atoms with Gasteiger partial charge in [-0.15, -0.1) is 0 Å². The number of carbonyl (C=O) groups is 1. The van der Waals surface area contributed by atoms with E-state index in [2.05, 4.69) is 34.8 Å². The molecule has 0 N–H and O–H groups in total. The summed E-state index contributed by atoms with van der Waals surface area (Å²) < 4.78 is 0.923. The molecule has 1 aromatic rings. The third kappa shape index (κ3) is 4.01. The second kappa shape index (κ2) is 5.25. The third-order valence-corrected chi connectivity index (χ3v) is 2.23. The summed E-state index contributed by atoms with van der Waals surface area (Å²) in [4.78, 5) is 15.5. The smallest absolute Gasteiger partial charge is 0.137 e. The molecule has 0 spiro atoms. The average Bonchev–Trinajstić information content (AvgIpc) is 2.01. The first kappa shape index (κ1) is 11.4. The predicted molar refractivity (Wildman–Crippen MR) is 60.1 cm³/mol. The fourth-order valence-electron chi connectivity index (χ4n) is 1.31. The van der Waals surface area contributed by atoms with Gasteiger partial charge in [-0.05, 0) is 33.5 Å². The second-order valence-corrected chi connectivity index (χ2v) is 4.74. The largest absolute Gasteiger partial charge is 0.299 e. The molecule has 0 amide bonds. The van der Waals surface area contributed by atoms with Gasteiger partial charge in [-0.2, -0.15) is 0 Å². The summed E-state index contributed by atoms with van der Waals surface area (Å²) in [5, 5.41) is 0. The van der Waals surface area contributed by atoms with Crippen molar-refractivity contribution in [2.24, 2.45) is 5.92 Å². The molecule has 0 aliphatic carbocycles. The van der Waals surface area contributed by atoms with Crippen LogP contribution in [-0.2, 0) is 11.2 Å². The van der Waals surface area contributed by atoms with E-state index in [1.807, 2.05) is 6.07 Å². The summed E-state index contributed by atoms with van der Waals surface area (Å²) in [5.74, 6) is 0.711. The quantitative estimate of drug-likeness (QED) is 0.828. The zero-order chi connectivity index (χ0) is 10.6. The first-order chi connectivity index (χ1) is 6.58. The first-order valence-electron chi connectivity index (χ1n) is 4.69. The van der Waals surface area contributed by atoms with Crippen molar-refractivity contribution >= 4 is 21.7 Å². The van der Waals surface area contributed by atoms with Gasteiger partial charge in [-0.3, -0.25) is 9.78 Å². The second-order valence-electron chi connectivity index (χ2n) is 3.82. The molecule has 0 bridgehead atoms. The van der Waals surface area contributed by atoms with Gasteiger partial charge in [-0.25, -0.2) is 0 Å². The molecule has 0 saturated carbocycles. The number of ketones is 1. The molecule has 0 aliphatic heterocycles. The van der Waals surface area contributed by atoms with Gasteiger partial charge in [0.1, 0.15) is 5.78 Å². The highest BCUT2D eigenvalue weighted by Gasteiger charge is 2.06. The molecule has 76 valence electrons. The molecule has 0 aliphatic rings. The molecule has 0 aromatic carbocycles. The van der Waals surface area contributed by atoms with Gasteiger partial charge < -0.3 is 0 Å². The van der Waals surface area contributed by atoms with Crippen molar-refractivity contribution < 1.29 is 4.79 Å². The van der Waals surface area contributed by atoms with Crippen molar-refractivity contribution in [3.8, 4) is 0 Å². The van der Waals surface area contributed by atoms with Crippen LogP contribution >= 0.6 is 15.9 Å². The SMILES string of the molecule is CC(C)CC(=O)Cc1cncc(Br)c1. The lowest BCUT2D eigenvalue weighted by molar-refractivity contribution is -0.119. The van der Waals surface area contributed by atoms with E-state index >= 15 is 0 Å². The van der Waals surface area contributed by atoms with Gasteiger partial charge in [0.05, 0.1) is 0 Å². The van der Waals surface area contributed by atoms with E-state index in [1.165, 1.54) is 0 Å². The minimum absolute atomic E-state index is 0.278. The lowest BCUT2D eigenvalue weighted by Crippen LogP contribution is -2.06. The number of nitrogens with zero attached hydrogens (tertiary/aromatic N) is 1. The molecule has 14 heavy (non-hydrogen) atoms. The molecule has 2 nitrogen and oxygen atoms in total. The van der Waals surface area contributed by atoms with Crippen LogP contribution in [0, 0.1) is 5.92 Å². The molecular weight excluding hydrogens is 242 g/mol. The van der Waals surface area contributed by atoms with Crippen LogP contribution in [0.3, 0.4) is 0 Å². The van der Waals surface area contributed by atoms with Crippen molar-refractivity contribution in [2.45, 2.75) is 26.7 Å². The van der Waals surface area contributed by atoms with Crippen molar-refractivity contribution in [1.82, 2.24) is 4.98 Å². The van der Waals surface area contributed by atoms with Crippen LogP contribution in [0.15, 0.2) is 22.9 Å².